The zero-order valence-electron chi connectivity index (χ0n) is 8.75. The van der Waals surface area contributed by atoms with Crippen molar-refractivity contribution in [1.29, 1.82) is 0 Å². The van der Waals surface area contributed by atoms with Gasteiger partial charge in [-0.3, -0.25) is 4.68 Å². The molecule has 0 aliphatic rings. The van der Waals surface area contributed by atoms with Crippen molar-refractivity contribution in [2.24, 2.45) is 5.73 Å². The quantitative estimate of drug-likeness (QED) is 0.762. The highest BCUT2D eigenvalue weighted by Crippen LogP contribution is 2.06. The second kappa shape index (κ2) is 4.42. The molecule has 0 aromatic carbocycles. The van der Waals surface area contributed by atoms with Gasteiger partial charge >= 0.3 is 0 Å². The molecule has 0 fully saturated rings. The van der Waals surface area contributed by atoms with Crippen LogP contribution < -0.4 is 5.73 Å². The Morgan fingerprint density at radius 2 is 2.15 bits per heavy atom. The van der Waals surface area contributed by atoms with Crippen molar-refractivity contribution in [2.45, 2.75) is 46.2 Å². The Hall–Kier alpha value is -0.830. The summed E-state index contributed by atoms with van der Waals surface area (Å²) in [4.78, 5) is 0. The van der Waals surface area contributed by atoms with Crippen molar-refractivity contribution in [1.82, 2.24) is 9.78 Å². The van der Waals surface area contributed by atoms with Crippen LogP contribution in [0.25, 0.3) is 0 Å². The van der Waals surface area contributed by atoms with Gasteiger partial charge in [0, 0.05) is 11.7 Å². The predicted molar refractivity (Wildman–Crippen MR) is 54.6 cm³/mol. The fourth-order valence-electron chi connectivity index (χ4n) is 1.40. The summed E-state index contributed by atoms with van der Waals surface area (Å²) in [6.45, 7) is 7.10. The highest BCUT2D eigenvalue weighted by molar-refractivity contribution is 5.10. The number of aromatic nitrogens is 2. The minimum atomic E-state index is 0.176. The molecule has 0 spiro atoms. The third-order valence-electron chi connectivity index (χ3n) is 2.10. The summed E-state index contributed by atoms with van der Waals surface area (Å²) in [6, 6.07) is 2.34. The molecule has 0 aliphatic carbocycles. The SMILES string of the molecule is CCc1cc(CC)n(C[C@H](C)N)n1. The van der Waals surface area contributed by atoms with Gasteiger partial charge in [-0.25, -0.2) is 0 Å². The Labute approximate surface area is 79.9 Å². The van der Waals surface area contributed by atoms with Crippen molar-refractivity contribution in [3.05, 3.63) is 17.5 Å². The maximum atomic E-state index is 5.74. The maximum Gasteiger partial charge on any atom is 0.0624 e. The molecule has 3 nitrogen and oxygen atoms in total. The molecule has 0 amide bonds. The zero-order chi connectivity index (χ0) is 9.84. The van der Waals surface area contributed by atoms with Crippen LogP contribution in [0.15, 0.2) is 6.07 Å². The van der Waals surface area contributed by atoms with Crippen molar-refractivity contribution < 1.29 is 0 Å². The predicted octanol–water partition coefficient (Wildman–Crippen LogP) is 1.36. The number of nitrogens with zero attached hydrogens (tertiary/aromatic N) is 2. The summed E-state index contributed by atoms with van der Waals surface area (Å²) in [5.74, 6) is 0. The molecule has 13 heavy (non-hydrogen) atoms. The van der Waals surface area contributed by atoms with Gasteiger partial charge in [-0.2, -0.15) is 5.10 Å². The molecule has 3 heteroatoms. The van der Waals surface area contributed by atoms with Gasteiger partial charge in [0.25, 0.3) is 0 Å². The summed E-state index contributed by atoms with van der Waals surface area (Å²) >= 11 is 0. The van der Waals surface area contributed by atoms with Gasteiger partial charge in [0.15, 0.2) is 0 Å². The van der Waals surface area contributed by atoms with Crippen molar-refractivity contribution in [3.63, 3.8) is 0 Å². The average molecular weight is 181 g/mol. The molecule has 1 rings (SSSR count). The van der Waals surface area contributed by atoms with Crippen LogP contribution in [0.1, 0.15) is 32.2 Å². The minimum Gasteiger partial charge on any atom is -0.326 e. The molecule has 1 aromatic rings. The van der Waals surface area contributed by atoms with Gasteiger partial charge in [-0.15, -0.1) is 0 Å². The number of aryl methyl sites for hydroxylation is 2. The molecule has 0 radical (unpaired) electrons. The highest BCUT2D eigenvalue weighted by Gasteiger charge is 2.06. The van der Waals surface area contributed by atoms with Crippen molar-refractivity contribution >= 4 is 0 Å². The van der Waals surface area contributed by atoms with Crippen LogP contribution in [-0.4, -0.2) is 15.8 Å². The summed E-state index contributed by atoms with van der Waals surface area (Å²) in [7, 11) is 0. The minimum absolute atomic E-state index is 0.176. The first-order valence-electron chi connectivity index (χ1n) is 4.98. The number of rotatable bonds is 4. The molecule has 1 heterocycles. The summed E-state index contributed by atoms with van der Waals surface area (Å²) in [5.41, 5.74) is 8.19. The average Bonchev–Trinajstić information content (AvgIpc) is 2.46. The highest BCUT2D eigenvalue weighted by atomic mass is 15.3. The molecular weight excluding hydrogens is 162 g/mol. The molecule has 0 saturated heterocycles. The van der Waals surface area contributed by atoms with E-state index in [9.17, 15) is 0 Å². The van der Waals surface area contributed by atoms with E-state index in [1.807, 2.05) is 11.6 Å². The molecule has 1 atom stereocenters. The summed E-state index contributed by atoms with van der Waals surface area (Å²) < 4.78 is 2.03. The zero-order valence-corrected chi connectivity index (χ0v) is 8.75. The van der Waals surface area contributed by atoms with E-state index < -0.39 is 0 Å². The van der Waals surface area contributed by atoms with E-state index in [1.165, 1.54) is 5.69 Å². The van der Waals surface area contributed by atoms with E-state index in [4.69, 9.17) is 5.73 Å². The van der Waals surface area contributed by atoms with E-state index in [0.29, 0.717) is 0 Å². The number of hydrogen-bond acceptors (Lipinski definition) is 2. The lowest BCUT2D eigenvalue weighted by Gasteiger charge is -2.08. The van der Waals surface area contributed by atoms with E-state index in [2.05, 4.69) is 25.0 Å². The van der Waals surface area contributed by atoms with Crippen LogP contribution in [-0.2, 0) is 19.4 Å². The summed E-state index contributed by atoms with van der Waals surface area (Å²) in [5, 5.41) is 4.48. The second-order valence-corrected chi connectivity index (χ2v) is 3.49. The van der Waals surface area contributed by atoms with Crippen LogP contribution in [0.3, 0.4) is 0 Å². The standard InChI is InChI=1S/C10H19N3/c1-4-9-6-10(5-2)13(12-9)7-8(3)11/h6,8H,4-5,7,11H2,1-3H3/t8-/m0/s1. The Morgan fingerprint density at radius 1 is 1.46 bits per heavy atom. The third kappa shape index (κ3) is 2.56. The van der Waals surface area contributed by atoms with Gasteiger partial charge in [0.1, 0.15) is 0 Å². The van der Waals surface area contributed by atoms with E-state index in [0.717, 1.165) is 25.1 Å². The monoisotopic (exact) mass is 181 g/mol. The topological polar surface area (TPSA) is 43.8 Å². The van der Waals surface area contributed by atoms with Gasteiger partial charge in [-0.05, 0) is 25.8 Å². The van der Waals surface area contributed by atoms with Crippen LogP contribution in [0.4, 0.5) is 0 Å². The van der Waals surface area contributed by atoms with E-state index >= 15 is 0 Å². The van der Waals surface area contributed by atoms with Gasteiger partial charge in [-0.1, -0.05) is 13.8 Å². The lowest BCUT2D eigenvalue weighted by molar-refractivity contribution is 0.517. The van der Waals surface area contributed by atoms with Crippen molar-refractivity contribution in [2.75, 3.05) is 0 Å². The van der Waals surface area contributed by atoms with Gasteiger partial charge in [0.05, 0.1) is 12.2 Å². The first-order chi connectivity index (χ1) is 6.17. The molecular formula is C10H19N3. The Balaban J connectivity index is 2.84. The lowest BCUT2D eigenvalue weighted by Crippen LogP contribution is -2.23. The number of hydrogen-bond donors (Lipinski definition) is 1. The second-order valence-electron chi connectivity index (χ2n) is 3.49. The normalized spacial score (nSPS) is 13.2. The molecule has 0 unspecified atom stereocenters. The smallest absolute Gasteiger partial charge is 0.0624 e. The summed E-state index contributed by atoms with van der Waals surface area (Å²) in [6.07, 6.45) is 2.03. The largest absolute Gasteiger partial charge is 0.326 e. The Morgan fingerprint density at radius 3 is 2.62 bits per heavy atom. The Bertz CT molecular complexity index is 263. The van der Waals surface area contributed by atoms with Crippen LogP contribution in [0.5, 0.6) is 0 Å². The Kier molecular flexibility index (Phi) is 3.48. The van der Waals surface area contributed by atoms with E-state index in [-0.39, 0.29) is 6.04 Å². The fourth-order valence-corrected chi connectivity index (χ4v) is 1.40. The third-order valence-corrected chi connectivity index (χ3v) is 2.10. The molecule has 0 bridgehead atoms. The fraction of sp³-hybridized carbons (Fsp3) is 0.700. The van der Waals surface area contributed by atoms with Gasteiger partial charge < -0.3 is 5.73 Å². The molecule has 0 aliphatic heterocycles. The first kappa shape index (κ1) is 10.3. The maximum absolute atomic E-state index is 5.74. The molecule has 2 N–H and O–H groups in total. The first-order valence-corrected chi connectivity index (χ1v) is 4.98. The van der Waals surface area contributed by atoms with Crippen molar-refractivity contribution in [3.8, 4) is 0 Å². The molecule has 74 valence electrons. The van der Waals surface area contributed by atoms with Crippen LogP contribution in [0, 0.1) is 0 Å². The van der Waals surface area contributed by atoms with Crippen LogP contribution in [0.2, 0.25) is 0 Å². The molecule has 1 aromatic heterocycles. The lowest BCUT2D eigenvalue weighted by atomic mass is 10.2. The van der Waals surface area contributed by atoms with Crippen LogP contribution >= 0.6 is 0 Å². The number of nitrogens with two attached hydrogens (primary N) is 1. The molecule has 0 saturated carbocycles. The van der Waals surface area contributed by atoms with E-state index in [1.54, 1.807) is 0 Å². The van der Waals surface area contributed by atoms with Gasteiger partial charge in [0.2, 0.25) is 0 Å².